The largest absolute Gasteiger partial charge is 0.481 e. The summed E-state index contributed by atoms with van der Waals surface area (Å²) < 4.78 is 0. The highest BCUT2D eigenvalue weighted by molar-refractivity contribution is 5.76. The minimum Gasteiger partial charge on any atom is -0.481 e. The molecule has 0 unspecified atom stereocenters. The van der Waals surface area contributed by atoms with E-state index < -0.39 is 5.97 Å². The predicted octanol–water partition coefficient (Wildman–Crippen LogP) is 1.71. The van der Waals surface area contributed by atoms with Crippen LogP contribution in [0.5, 0.6) is 0 Å². The van der Waals surface area contributed by atoms with Crippen LogP contribution in [0.15, 0.2) is 0 Å². The van der Waals surface area contributed by atoms with Crippen molar-refractivity contribution in [2.75, 3.05) is 39.3 Å². The number of urea groups is 1. The summed E-state index contributed by atoms with van der Waals surface area (Å²) in [6, 6.07) is -0.0418. The maximum absolute atomic E-state index is 12.7. The van der Waals surface area contributed by atoms with Gasteiger partial charge in [0.25, 0.3) is 0 Å². The molecule has 1 aliphatic rings. The van der Waals surface area contributed by atoms with Gasteiger partial charge in [0, 0.05) is 38.3 Å². The van der Waals surface area contributed by atoms with Gasteiger partial charge in [-0.3, -0.25) is 9.69 Å². The van der Waals surface area contributed by atoms with E-state index in [-0.39, 0.29) is 24.5 Å². The molecule has 0 aromatic rings. The Bertz CT molecular complexity index is 358. The summed E-state index contributed by atoms with van der Waals surface area (Å²) in [5.41, 5.74) is -0.368. The normalized spacial score (nSPS) is 16.9. The van der Waals surface area contributed by atoms with Crippen molar-refractivity contribution in [1.29, 1.82) is 0 Å². The van der Waals surface area contributed by atoms with Crippen LogP contribution in [0.4, 0.5) is 4.79 Å². The van der Waals surface area contributed by atoms with Gasteiger partial charge in [0.05, 0.1) is 6.42 Å². The van der Waals surface area contributed by atoms with Crippen molar-refractivity contribution in [2.45, 2.75) is 46.1 Å². The molecule has 0 aliphatic carbocycles. The van der Waals surface area contributed by atoms with E-state index in [0.717, 1.165) is 39.1 Å². The van der Waals surface area contributed by atoms with Crippen LogP contribution in [-0.2, 0) is 4.79 Å². The van der Waals surface area contributed by atoms with E-state index in [2.05, 4.69) is 11.8 Å². The molecule has 6 nitrogen and oxygen atoms in total. The Morgan fingerprint density at radius 3 is 2.14 bits per heavy atom. The molecule has 1 saturated heterocycles. The third-order valence-corrected chi connectivity index (χ3v) is 3.77. The second-order valence-corrected chi connectivity index (χ2v) is 6.58. The number of piperazine rings is 1. The van der Waals surface area contributed by atoms with E-state index in [1.165, 1.54) is 0 Å². The molecule has 21 heavy (non-hydrogen) atoms. The van der Waals surface area contributed by atoms with Gasteiger partial charge in [-0.1, -0.05) is 6.92 Å². The zero-order valence-corrected chi connectivity index (χ0v) is 13.8. The van der Waals surface area contributed by atoms with E-state index in [0.29, 0.717) is 0 Å². The number of carbonyl (C=O) groups excluding carboxylic acids is 1. The quantitative estimate of drug-likeness (QED) is 0.839. The van der Waals surface area contributed by atoms with Crippen LogP contribution in [0, 0.1) is 0 Å². The summed E-state index contributed by atoms with van der Waals surface area (Å²) >= 11 is 0. The zero-order chi connectivity index (χ0) is 16.0. The molecule has 0 radical (unpaired) electrons. The summed E-state index contributed by atoms with van der Waals surface area (Å²) in [7, 11) is 0. The molecule has 0 atom stereocenters. The number of carboxylic acids is 1. The van der Waals surface area contributed by atoms with E-state index in [9.17, 15) is 9.59 Å². The number of nitrogens with zero attached hydrogens (tertiary/aromatic N) is 3. The van der Waals surface area contributed by atoms with Crippen molar-refractivity contribution in [3.05, 3.63) is 0 Å². The first-order valence-corrected chi connectivity index (χ1v) is 7.76. The van der Waals surface area contributed by atoms with Crippen LogP contribution < -0.4 is 0 Å². The van der Waals surface area contributed by atoms with E-state index in [1.54, 1.807) is 4.90 Å². The number of hydrogen-bond acceptors (Lipinski definition) is 3. The Labute approximate surface area is 127 Å². The molecule has 1 rings (SSSR count). The number of amides is 2. The summed E-state index contributed by atoms with van der Waals surface area (Å²) in [5, 5.41) is 8.86. The smallest absolute Gasteiger partial charge is 0.320 e. The molecule has 0 saturated carbocycles. The Balaban J connectivity index is 2.62. The fourth-order valence-corrected chi connectivity index (χ4v) is 2.58. The van der Waals surface area contributed by atoms with Gasteiger partial charge in [-0.2, -0.15) is 0 Å². The lowest BCUT2D eigenvalue weighted by molar-refractivity contribution is -0.137. The lowest BCUT2D eigenvalue weighted by Gasteiger charge is -2.42. The molecule has 0 aromatic heterocycles. The standard InChI is InChI=1S/C15H29N3O3/c1-5-7-16-9-11-17(12-10-16)14(21)18(15(2,3)4)8-6-13(19)20/h5-12H2,1-4H3,(H,19,20). The van der Waals surface area contributed by atoms with Crippen molar-refractivity contribution in [1.82, 2.24) is 14.7 Å². The van der Waals surface area contributed by atoms with Crippen molar-refractivity contribution >= 4 is 12.0 Å². The van der Waals surface area contributed by atoms with Gasteiger partial charge in [0.2, 0.25) is 0 Å². The van der Waals surface area contributed by atoms with Crippen molar-refractivity contribution in [3.63, 3.8) is 0 Å². The van der Waals surface area contributed by atoms with Crippen molar-refractivity contribution < 1.29 is 14.7 Å². The number of hydrogen-bond donors (Lipinski definition) is 1. The molecule has 1 aliphatic heterocycles. The second kappa shape index (κ2) is 7.64. The first-order valence-electron chi connectivity index (χ1n) is 7.76. The molecule has 1 heterocycles. The van der Waals surface area contributed by atoms with E-state index in [4.69, 9.17) is 5.11 Å². The molecule has 6 heteroatoms. The Morgan fingerprint density at radius 2 is 1.71 bits per heavy atom. The fourth-order valence-electron chi connectivity index (χ4n) is 2.58. The lowest BCUT2D eigenvalue weighted by atomic mass is 10.1. The molecule has 1 N–H and O–H groups in total. The summed E-state index contributed by atoms with van der Waals surface area (Å²) in [5.74, 6) is -0.871. The van der Waals surface area contributed by atoms with E-state index in [1.807, 2.05) is 25.7 Å². The zero-order valence-electron chi connectivity index (χ0n) is 13.8. The molecule has 0 spiro atoms. The number of carboxylic acid groups (broad SMARTS) is 1. The fraction of sp³-hybridized carbons (Fsp3) is 0.867. The molecule has 0 aromatic carbocycles. The van der Waals surface area contributed by atoms with Gasteiger partial charge in [0.1, 0.15) is 0 Å². The SMILES string of the molecule is CCCN1CCN(C(=O)N(CCC(=O)O)C(C)(C)C)CC1. The molecule has 122 valence electrons. The average molecular weight is 299 g/mol. The summed E-state index contributed by atoms with van der Waals surface area (Å²) in [6.07, 6.45) is 1.11. The summed E-state index contributed by atoms with van der Waals surface area (Å²) in [6.45, 7) is 12.6. The molecular formula is C15H29N3O3. The highest BCUT2D eigenvalue weighted by Gasteiger charge is 2.31. The van der Waals surface area contributed by atoms with Crippen LogP contribution in [0.3, 0.4) is 0 Å². The molecule has 0 bridgehead atoms. The van der Waals surface area contributed by atoms with Crippen LogP contribution >= 0.6 is 0 Å². The molecule has 2 amide bonds. The highest BCUT2D eigenvalue weighted by Crippen LogP contribution is 2.17. The average Bonchev–Trinajstić information content (AvgIpc) is 2.38. The van der Waals surface area contributed by atoms with Gasteiger partial charge in [-0.05, 0) is 33.7 Å². The second-order valence-electron chi connectivity index (χ2n) is 6.58. The van der Waals surface area contributed by atoms with Crippen LogP contribution in [-0.4, -0.2) is 76.6 Å². The Kier molecular flexibility index (Phi) is 6.45. The van der Waals surface area contributed by atoms with Crippen LogP contribution in [0.1, 0.15) is 40.5 Å². The first kappa shape index (κ1) is 17.8. The number of carbonyl (C=O) groups is 2. The third kappa shape index (κ3) is 5.53. The van der Waals surface area contributed by atoms with Crippen LogP contribution in [0.25, 0.3) is 0 Å². The van der Waals surface area contributed by atoms with Gasteiger partial charge >= 0.3 is 12.0 Å². The van der Waals surface area contributed by atoms with E-state index >= 15 is 0 Å². The van der Waals surface area contributed by atoms with Crippen molar-refractivity contribution in [3.8, 4) is 0 Å². The Morgan fingerprint density at radius 1 is 1.14 bits per heavy atom. The minimum absolute atomic E-state index is 0.0151. The first-order chi connectivity index (χ1) is 9.75. The third-order valence-electron chi connectivity index (χ3n) is 3.77. The maximum atomic E-state index is 12.7. The lowest BCUT2D eigenvalue weighted by Crippen LogP contribution is -2.57. The number of aliphatic carboxylic acids is 1. The van der Waals surface area contributed by atoms with Gasteiger partial charge in [-0.25, -0.2) is 4.79 Å². The Hall–Kier alpha value is -1.30. The number of rotatable bonds is 5. The topological polar surface area (TPSA) is 64.1 Å². The van der Waals surface area contributed by atoms with Crippen molar-refractivity contribution in [2.24, 2.45) is 0 Å². The maximum Gasteiger partial charge on any atom is 0.320 e. The minimum atomic E-state index is -0.871. The van der Waals surface area contributed by atoms with Gasteiger partial charge in [0.15, 0.2) is 0 Å². The van der Waals surface area contributed by atoms with Gasteiger partial charge in [-0.15, -0.1) is 0 Å². The van der Waals surface area contributed by atoms with Gasteiger partial charge < -0.3 is 14.9 Å². The van der Waals surface area contributed by atoms with Crippen LogP contribution in [0.2, 0.25) is 0 Å². The molecule has 1 fully saturated rings. The molecular weight excluding hydrogens is 270 g/mol. The summed E-state index contributed by atoms with van der Waals surface area (Å²) in [4.78, 5) is 29.3. The monoisotopic (exact) mass is 299 g/mol. The highest BCUT2D eigenvalue weighted by atomic mass is 16.4. The predicted molar refractivity (Wildman–Crippen MR) is 82.4 cm³/mol.